The van der Waals surface area contributed by atoms with Crippen LogP contribution in [0.25, 0.3) is 0 Å². The molecular formula is C21H27N3O3. The minimum Gasteiger partial charge on any atom is -0.487 e. The summed E-state index contributed by atoms with van der Waals surface area (Å²) in [6.07, 6.45) is 5.30. The molecule has 0 bridgehead atoms. The summed E-state index contributed by atoms with van der Waals surface area (Å²) >= 11 is 0. The number of amides is 1. The molecular weight excluding hydrogens is 342 g/mol. The third-order valence-corrected chi connectivity index (χ3v) is 5.55. The average Bonchev–Trinajstić information content (AvgIpc) is 3.03. The van der Waals surface area contributed by atoms with E-state index in [1.165, 1.54) is 0 Å². The zero-order valence-electron chi connectivity index (χ0n) is 16.0. The van der Waals surface area contributed by atoms with Crippen LogP contribution in [0.5, 0.6) is 5.75 Å². The second kappa shape index (κ2) is 7.35. The number of rotatable bonds is 4. The van der Waals surface area contributed by atoms with Gasteiger partial charge < -0.3 is 14.8 Å². The molecule has 1 spiro atoms. The molecule has 0 saturated carbocycles. The number of hydrogen-bond acceptors (Lipinski definition) is 4. The summed E-state index contributed by atoms with van der Waals surface area (Å²) in [5, 5.41) is 7.70. The molecule has 1 aromatic heterocycles. The standard InChI is InChI=1S/C21H27N3O3/c1-3-10-24-14-17(15(2)23-24)20(25)22-18-13-21(8-11-26-12-9-21)27-19-7-5-4-6-16(18)19/h4-7,14,18H,3,8-13H2,1-2H3,(H,22,25). The van der Waals surface area contributed by atoms with Gasteiger partial charge in [-0.05, 0) is 19.4 Å². The molecule has 2 aliphatic heterocycles. The highest BCUT2D eigenvalue weighted by atomic mass is 16.5. The molecule has 1 saturated heterocycles. The highest BCUT2D eigenvalue weighted by Crippen LogP contribution is 2.43. The topological polar surface area (TPSA) is 65.4 Å². The molecule has 1 atom stereocenters. The van der Waals surface area contributed by atoms with Gasteiger partial charge in [0.15, 0.2) is 0 Å². The first-order chi connectivity index (χ1) is 13.1. The fraction of sp³-hybridized carbons (Fsp3) is 0.524. The van der Waals surface area contributed by atoms with Crippen LogP contribution < -0.4 is 10.1 Å². The summed E-state index contributed by atoms with van der Waals surface area (Å²) in [4.78, 5) is 13.0. The lowest BCUT2D eigenvalue weighted by Gasteiger charge is -2.44. The van der Waals surface area contributed by atoms with E-state index in [0.29, 0.717) is 18.8 Å². The van der Waals surface area contributed by atoms with Crippen molar-refractivity contribution in [3.05, 3.63) is 47.3 Å². The normalized spacial score (nSPS) is 20.7. The van der Waals surface area contributed by atoms with Crippen molar-refractivity contribution in [2.75, 3.05) is 13.2 Å². The third kappa shape index (κ3) is 3.58. The first kappa shape index (κ1) is 18.0. The predicted octanol–water partition coefficient (Wildman–Crippen LogP) is 3.40. The predicted molar refractivity (Wildman–Crippen MR) is 102 cm³/mol. The molecule has 6 nitrogen and oxygen atoms in total. The summed E-state index contributed by atoms with van der Waals surface area (Å²) < 4.78 is 13.8. The number of nitrogens with one attached hydrogen (secondary N) is 1. The van der Waals surface area contributed by atoms with Crippen molar-refractivity contribution < 1.29 is 14.3 Å². The number of ether oxygens (including phenoxy) is 2. The van der Waals surface area contributed by atoms with Gasteiger partial charge in [0.05, 0.1) is 30.5 Å². The molecule has 4 rings (SSSR count). The Labute approximate surface area is 159 Å². The summed E-state index contributed by atoms with van der Waals surface area (Å²) in [5.41, 5.74) is 2.20. The maximum atomic E-state index is 13.0. The van der Waals surface area contributed by atoms with Crippen molar-refractivity contribution >= 4 is 5.91 Å². The van der Waals surface area contributed by atoms with Gasteiger partial charge in [-0.2, -0.15) is 5.10 Å². The maximum Gasteiger partial charge on any atom is 0.255 e. The first-order valence-corrected chi connectivity index (χ1v) is 9.81. The summed E-state index contributed by atoms with van der Waals surface area (Å²) in [5.74, 6) is 0.799. The zero-order valence-corrected chi connectivity index (χ0v) is 16.0. The quantitative estimate of drug-likeness (QED) is 0.897. The second-order valence-corrected chi connectivity index (χ2v) is 7.56. The summed E-state index contributed by atoms with van der Waals surface area (Å²) in [6, 6.07) is 7.94. The van der Waals surface area contributed by atoms with Crippen LogP contribution in [0, 0.1) is 6.92 Å². The van der Waals surface area contributed by atoms with Crippen LogP contribution in [-0.4, -0.2) is 34.5 Å². The molecule has 2 aromatic rings. The number of carbonyl (C=O) groups is 1. The van der Waals surface area contributed by atoms with E-state index < -0.39 is 0 Å². The van der Waals surface area contributed by atoms with E-state index in [2.05, 4.69) is 17.3 Å². The van der Waals surface area contributed by atoms with Gasteiger partial charge in [-0.3, -0.25) is 9.48 Å². The van der Waals surface area contributed by atoms with Crippen LogP contribution in [0.2, 0.25) is 0 Å². The Morgan fingerprint density at radius 1 is 1.33 bits per heavy atom. The largest absolute Gasteiger partial charge is 0.487 e. The van der Waals surface area contributed by atoms with Gasteiger partial charge in [-0.25, -0.2) is 0 Å². The van der Waals surface area contributed by atoms with Crippen LogP contribution in [0.15, 0.2) is 30.5 Å². The number of benzene rings is 1. The fourth-order valence-corrected chi connectivity index (χ4v) is 4.12. The van der Waals surface area contributed by atoms with E-state index in [1.807, 2.05) is 42.1 Å². The van der Waals surface area contributed by atoms with Gasteiger partial charge >= 0.3 is 0 Å². The van der Waals surface area contributed by atoms with Gasteiger partial charge in [-0.1, -0.05) is 25.1 Å². The number of hydrogen-bond donors (Lipinski definition) is 1. The Bertz CT molecular complexity index is 824. The molecule has 1 N–H and O–H groups in total. The van der Waals surface area contributed by atoms with E-state index in [0.717, 1.165) is 49.2 Å². The van der Waals surface area contributed by atoms with Crippen molar-refractivity contribution in [2.45, 2.75) is 57.7 Å². The fourth-order valence-electron chi connectivity index (χ4n) is 4.12. The maximum absolute atomic E-state index is 13.0. The summed E-state index contributed by atoms with van der Waals surface area (Å²) in [6.45, 7) is 6.21. The molecule has 0 radical (unpaired) electrons. The summed E-state index contributed by atoms with van der Waals surface area (Å²) in [7, 11) is 0. The highest BCUT2D eigenvalue weighted by Gasteiger charge is 2.42. The van der Waals surface area contributed by atoms with E-state index in [4.69, 9.17) is 9.47 Å². The van der Waals surface area contributed by atoms with Crippen LogP contribution in [0.4, 0.5) is 0 Å². The highest BCUT2D eigenvalue weighted by molar-refractivity contribution is 5.95. The monoisotopic (exact) mass is 369 g/mol. The Balaban J connectivity index is 1.59. The van der Waals surface area contributed by atoms with Gasteiger partial charge in [0.1, 0.15) is 11.4 Å². The first-order valence-electron chi connectivity index (χ1n) is 9.81. The molecule has 27 heavy (non-hydrogen) atoms. The van der Waals surface area contributed by atoms with Gasteiger partial charge in [-0.15, -0.1) is 0 Å². The Kier molecular flexibility index (Phi) is 4.91. The Morgan fingerprint density at radius 3 is 2.89 bits per heavy atom. The Hall–Kier alpha value is -2.34. The lowest BCUT2D eigenvalue weighted by atomic mass is 9.82. The molecule has 3 heterocycles. The Morgan fingerprint density at radius 2 is 2.11 bits per heavy atom. The number of nitrogens with zero attached hydrogens (tertiary/aromatic N) is 2. The minimum atomic E-state index is -0.258. The number of carbonyl (C=O) groups excluding carboxylic acids is 1. The van der Waals surface area contributed by atoms with Crippen molar-refractivity contribution in [1.82, 2.24) is 15.1 Å². The molecule has 1 amide bonds. The van der Waals surface area contributed by atoms with Crippen molar-refractivity contribution in [3.63, 3.8) is 0 Å². The average molecular weight is 369 g/mol. The molecule has 0 aliphatic carbocycles. The van der Waals surface area contributed by atoms with Crippen LogP contribution in [0.1, 0.15) is 60.3 Å². The van der Waals surface area contributed by atoms with Crippen LogP contribution in [-0.2, 0) is 11.3 Å². The molecule has 6 heteroatoms. The van der Waals surface area contributed by atoms with Crippen molar-refractivity contribution in [2.24, 2.45) is 0 Å². The van der Waals surface area contributed by atoms with Gasteiger partial charge in [0, 0.05) is 37.6 Å². The molecule has 1 unspecified atom stereocenters. The number of aryl methyl sites for hydroxylation is 2. The SMILES string of the molecule is CCCn1cc(C(=O)NC2CC3(CCOCC3)Oc3ccccc32)c(C)n1. The van der Waals surface area contributed by atoms with Crippen LogP contribution in [0.3, 0.4) is 0 Å². The third-order valence-electron chi connectivity index (χ3n) is 5.55. The van der Waals surface area contributed by atoms with E-state index >= 15 is 0 Å². The lowest BCUT2D eigenvalue weighted by Crippen LogP contribution is -2.48. The van der Waals surface area contributed by atoms with Gasteiger partial charge in [0.25, 0.3) is 5.91 Å². The van der Waals surface area contributed by atoms with Gasteiger partial charge in [0.2, 0.25) is 0 Å². The molecule has 1 fully saturated rings. The van der Waals surface area contributed by atoms with E-state index in [-0.39, 0.29) is 17.6 Å². The van der Waals surface area contributed by atoms with Crippen molar-refractivity contribution in [3.8, 4) is 5.75 Å². The van der Waals surface area contributed by atoms with E-state index in [1.54, 1.807) is 0 Å². The number of para-hydroxylation sites is 1. The zero-order chi connectivity index (χ0) is 18.9. The van der Waals surface area contributed by atoms with Crippen LogP contribution >= 0.6 is 0 Å². The minimum absolute atomic E-state index is 0.0706. The second-order valence-electron chi connectivity index (χ2n) is 7.56. The smallest absolute Gasteiger partial charge is 0.255 e. The van der Waals surface area contributed by atoms with E-state index in [9.17, 15) is 4.79 Å². The number of aromatic nitrogens is 2. The molecule has 1 aromatic carbocycles. The number of fused-ring (bicyclic) bond motifs is 1. The molecule has 2 aliphatic rings. The van der Waals surface area contributed by atoms with Crippen molar-refractivity contribution in [1.29, 1.82) is 0 Å². The lowest BCUT2D eigenvalue weighted by molar-refractivity contribution is -0.0639. The molecule has 144 valence electrons.